The molecule has 230 valence electrons. The minimum Gasteiger partial charge on any atom is -0.425 e. The predicted octanol–water partition coefficient (Wildman–Crippen LogP) is 4.66. The van der Waals surface area contributed by atoms with E-state index in [0.29, 0.717) is 28.6 Å². The summed E-state index contributed by atoms with van der Waals surface area (Å²) in [5.41, 5.74) is 7.64. The van der Waals surface area contributed by atoms with Gasteiger partial charge in [-0.25, -0.2) is 18.3 Å². The first-order chi connectivity index (χ1) is 21.5. The normalized spacial score (nSPS) is 13.2. The second-order valence-electron chi connectivity index (χ2n) is 10.9. The van der Waals surface area contributed by atoms with Crippen LogP contribution in [-0.4, -0.2) is 32.4 Å². The number of benzene rings is 3. The number of thiazole rings is 1. The Kier molecular flexibility index (Phi) is 9.15. The van der Waals surface area contributed by atoms with E-state index < -0.39 is 29.1 Å². The van der Waals surface area contributed by atoms with Crippen molar-refractivity contribution in [2.24, 2.45) is 5.73 Å². The van der Waals surface area contributed by atoms with Crippen molar-refractivity contribution in [3.8, 4) is 23.1 Å². The maximum atomic E-state index is 15.2. The molecule has 3 N–H and O–H groups in total. The van der Waals surface area contributed by atoms with E-state index in [9.17, 15) is 14.3 Å². The fourth-order valence-electron chi connectivity index (χ4n) is 5.26. The summed E-state index contributed by atoms with van der Waals surface area (Å²) in [6, 6.07) is 15.8. The van der Waals surface area contributed by atoms with Gasteiger partial charge in [0.15, 0.2) is 0 Å². The number of hydrogen-bond donors (Lipinski definition) is 2. The van der Waals surface area contributed by atoms with Crippen LogP contribution in [0.4, 0.5) is 8.78 Å². The van der Waals surface area contributed by atoms with Crippen LogP contribution in [-0.2, 0) is 23.5 Å². The van der Waals surface area contributed by atoms with Crippen LogP contribution >= 0.6 is 11.3 Å². The molecular weight excluding hydrogens is 598 g/mol. The predicted molar refractivity (Wildman–Crippen MR) is 163 cm³/mol. The standard InChI is InChI=1S/C33H31F2N6O3S/c1-20-10-24(11-21(2)31(20)44-30(42)14-37)15-40-18-38-41(19-40)17-33(43,27-12-26(34)8-9-28(27)35)22(3)32-39-29(16-45-32)25-6-4-23(13-36)5-7-25/h4-12,16,18-19,22,43H,14-15,17,37H2,1-3H3/q+1/t22-,33+/m0/s1. The quantitative estimate of drug-likeness (QED) is 0.131. The highest BCUT2D eigenvalue weighted by molar-refractivity contribution is 7.10. The summed E-state index contributed by atoms with van der Waals surface area (Å²) in [7, 11) is 0. The molecule has 0 unspecified atom stereocenters. The number of hydrogen-bond acceptors (Lipinski definition) is 8. The molecule has 45 heavy (non-hydrogen) atoms. The lowest BCUT2D eigenvalue weighted by Gasteiger charge is -2.32. The number of esters is 1. The van der Waals surface area contributed by atoms with Gasteiger partial charge in [0.2, 0.25) is 6.33 Å². The summed E-state index contributed by atoms with van der Waals surface area (Å²) < 4.78 is 38.3. The fourth-order valence-corrected chi connectivity index (χ4v) is 6.23. The molecule has 5 aromatic rings. The van der Waals surface area contributed by atoms with Crippen molar-refractivity contribution in [1.29, 1.82) is 5.26 Å². The van der Waals surface area contributed by atoms with Gasteiger partial charge in [-0.3, -0.25) is 4.79 Å². The lowest BCUT2D eigenvalue weighted by Crippen LogP contribution is -2.39. The van der Waals surface area contributed by atoms with Crippen LogP contribution in [0.1, 0.15) is 45.7 Å². The highest BCUT2D eigenvalue weighted by atomic mass is 32.1. The van der Waals surface area contributed by atoms with Crippen LogP contribution < -0.4 is 15.0 Å². The summed E-state index contributed by atoms with van der Waals surface area (Å²) in [4.78, 5) is 16.4. The zero-order valence-corrected chi connectivity index (χ0v) is 25.7. The molecule has 0 aliphatic rings. The number of nitrogens with two attached hydrogens (primary N) is 1. The third kappa shape index (κ3) is 6.81. The van der Waals surface area contributed by atoms with Gasteiger partial charge in [-0.05, 0) is 73.0 Å². The molecule has 2 atom stereocenters. The molecule has 2 heterocycles. The van der Waals surface area contributed by atoms with Crippen molar-refractivity contribution in [1.82, 2.24) is 14.8 Å². The number of aryl methyl sites for hydroxylation is 2. The number of carbonyl (C=O) groups is 1. The maximum Gasteiger partial charge on any atom is 0.325 e. The molecule has 0 bridgehead atoms. The summed E-state index contributed by atoms with van der Waals surface area (Å²) in [5, 5.41) is 28.1. The van der Waals surface area contributed by atoms with E-state index in [4.69, 9.17) is 20.7 Å². The summed E-state index contributed by atoms with van der Waals surface area (Å²) in [6.07, 6.45) is 3.25. The molecule has 0 saturated heterocycles. The van der Waals surface area contributed by atoms with Gasteiger partial charge in [0.05, 0.1) is 35.4 Å². The van der Waals surface area contributed by atoms with Gasteiger partial charge in [-0.15, -0.1) is 16.0 Å². The van der Waals surface area contributed by atoms with E-state index in [0.717, 1.165) is 40.5 Å². The molecule has 0 aliphatic carbocycles. The van der Waals surface area contributed by atoms with Gasteiger partial charge < -0.3 is 15.6 Å². The first-order valence-electron chi connectivity index (χ1n) is 14.1. The van der Waals surface area contributed by atoms with E-state index in [2.05, 4.69) is 11.2 Å². The number of nitrogens with zero attached hydrogens (tertiary/aromatic N) is 5. The molecule has 2 aromatic heterocycles. The second-order valence-corrected chi connectivity index (χ2v) is 11.8. The second kappa shape index (κ2) is 13.0. The molecule has 0 fully saturated rings. The van der Waals surface area contributed by atoms with E-state index in [1.165, 1.54) is 16.0 Å². The maximum absolute atomic E-state index is 15.2. The highest BCUT2D eigenvalue weighted by Crippen LogP contribution is 2.41. The van der Waals surface area contributed by atoms with E-state index in [1.54, 1.807) is 48.4 Å². The Balaban J connectivity index is 1.43. The van der Waals surface area contributed by atoms with Crippen LogP contribution in [0.5, 0.6) is 5.75 Å². The molecule has 0 radical (unpaired) electrons. The molecule has 9 nitrogen and oxygen atoms in total. The number of nitriles is 1. The molecule has 12 heteroatoms. The van der Waals surface area contributed by atoms with Gasteiger partial charge in [-0.2, -0.15) is 5.26 Å². The monoisotopic (exact) mass is 629 g/mol. The fraction of sp³-hybridized carbons (Fsp3) is 0.242. The average molecular weight is 630 g/mol. The van der Waals surface area contributed by atoms with Crippen LogP contribution in [0.25, 0.3) is 11.3 Å². The molecule has 0 amide bonds. The van der Waals surface area contributed by atoms with Gasteiger partial charge >= 0.3 is 5.97 Å². The third-order valence-corrected chi connectivity index (χ3v) is 8.64. The Morgan fingerprint density at radius 2 is 1.89 bits per heavy atom. The molecule has 0 spiro atoms. The Morgan fingerprint density at radius 3 is 2.56 bits per heavy atom. The van der Waals surface area contributed by atoms with Crippen LogP contribution in [0.2, 0.25) is 0 Å². The van der Waals surface area contributed by atoms with Gasteiger partial charge in [0.25, 0.3) is 6.33 Å². The number of aromatic nitrogens is 4. The van der Waals surface area contributed by atoms with Crippen molar-refractivity contribution in [3.05, 3.63) is 117 Å². The lowest BCUT2D eigenvalue weighted by atomic mass is 9.82. The molecule has 5 rings (SSSR count). The van der Waals surface area contributed by atoms with Crippen molar-refractivity contribution in [3.63, 3.8) is 0 Å². The van der Waals surface area contributed by atoms with Crippen LogP contribution in [0, 0.1) is 36.8 Å². The Bertz CT molecular complexity index is 1880. The van der Waals surface area contributed by atoms with Gasteiger partial charge in [0.1, 0.15) is 29.5 Å². The number of halogens is 2. The first kappa shape index (κ1) is 31.6. The van der Waals surface area contributed by atoms with Crippen molar-refractivity contribution in [2.75, 3.05) is 6.54 Å². The van der Waals surface area contributed by atoms with Crippen molar-refractivity contribution >= 4 is 17.3 Å². The van der Waals surface area contributed by atoms with Crippen LogP contribution in [0.15, 0.2) is 72.6 Å². The van der Waals surface area contributed by atoms with Gasteiger partial charge in [-0.1, -0.05) is 19.1 Å². The zero-order valence-electron chi connectivity index (χ0n) is 24.9. The molecule has 0 aliphatic heterocycles. The Morgan fingerprint density at radius 1 is 1.18 bits per heavy atom. The summed E-state index contributed by atoms with van der Waals surface area (Å²) >= 11 is 1.29. The summed E-state index contributed by atoms with van der Waals surface area (Å²) in [6.45, 7) is 5.39. The van der Waals surface area contributed by atoms with Crippen LogP contribution in [0.3, 0.4) is 0 Å². The third-order valence-electron chi connectivity index (χ3n) is 7.61. The Hall–Kier alpha value is -4.83. The van der Waals surface area contributed by atoms with E-state index >= 15 is 4.39 Å². The largest absolute Gasteiger partial charge is 0.425 e. The summed E-state index contributed by atoms with van der Waals surface area (Å²) in [5.74, 6) is -2.26. The minimum absolute atomic E-state index is 0.195. The number of carbonyl (C=O) groups excluding carboxylic acids is 1. The van der Waals surface area contributed by atoms with Gasteiger partial charge in [0, 0.05) is 27.5 Å². The average Bonchev–Trinajstić information content (AvgIpc) is 3.69. The first-order valence-corrected chi connectivity index (χ1v) is 14.9. The smallest absolute Gasteiger partial charge is 0.325 e. The zero-order chi connectivity index (χ0) is 32.3. The topological polar surface area (TPSA) is 131 Å². The van der Waals surface area contributed by atoms with Crippen molar-refractivity contribution < 1.29 is 28.0 Å². The SMILES string of the molecule is Cc1cc(C[n+]2cnn(C[C@](O)(c3cc(F)ccc3F)[C@@H](C)c3nc(-c4ccc(C#N)cc4)cs3)c2)cc(C)c1OC(=O)CN. The Labute approximate surface area is 262 Å². The number of ether oxygens (including phenoxy) is 1. The number of aliphatic hydroxyl groups is 1. The molecule has 0 saturated carbocycles. The molecular formula is C33H31F2N6O3S+. The lowest BCUT2D eigenvalue weighted by molar-refractivity contribution is -0.689. The van der Waals surface area contributed by atoms with E-state index in [-0.39, 0.29) is 18.7 Å². The minimum atomic E-state index is -1.93. The highest BCUT2D eigenvalue weighted by Gasteiger charge is 2.43. The molecule has 3 aromatic carbocycles. The van der Waals surface area contributed by atoms with Crippen molar-refractivity contribution in [2.45, 2.75) is 45.4 Å². The number of rotatable bonds is 10. The van der Waals surface area contributed by atoms with E-state index in [1.807, 2.05) is 31.4 Å².